The van der Waals surface area contributed by atoms with Gasteiger partial charge in [-0.15, -0.1) is 0 Å². The molecule has 8 atom stereocenters. The highest BCUT2D eigenvalue weighted by molar-refractivity contribution is 7.09. The fraction of sp³-hybridized carbons (Fsp3) is 0.947. The summed E-state index contributed by atoms with van der Waals surface area (Å²) in [6.45, 7) is 11.9. The minimum atomic E-state index is -0.582. The Hall–Kier alpha value is -0.195. The molecule has 2 aliphatic rings. The maximum Gasteiger partial charge on any atom is 0.248 e. The first-order chi connectivity index (χ1) is 12.8. The Morgan fingerprint density at radius 3 is 2.56 bits per heavy atom. The van der Waals surface area contributed by atoms with Gasteiger partial charge in [0.2, 0.25) is 5.91 Å². The molecule has 154 valence electrons. The summed E-state index contributed by atoms with van der Waals surface area (Å²) in [7, 11) is 8.26. The van der Waals surface area contributed by atoms with Gasteiger partial charge >= 0.3 is 0 Å². The molecule has 2 aliphatic heterocycles. The molecule has 27 heavy (non-hydrogen) atoms. The van der Waals surface area contributed by atoms with E-state index >= 15 is 0 Å². The molecule has 0 bridgehead atoms. The lowest BCUT2D eigenvalue weighted by Gasteiger charge is -2.46. The van der Waals surface area contributed by atoms with Crippen molar-refractivity contribution in [2.75, 3.05) is 26.3 Å². The summed E-state index contributed by atoms with van der Waals surface area (Å²) in [6, 6.07) is -0.530. The van der Waals surface area contributed by atoms with Gasteiger partial charge in [-0.3, -0.25) is 4.79 Å². The summed E-state index contributed by atoms with van der Waals surface area (Å²) in [5, 5.41) is 0. The van der Waals surface area contributed by atoms with Crippen molar-refractivity contribution >= 4 is 23.2 Å². The average Bonchev–Trinajstić information content (AvgIpc) is 2.65. The summed E-state index contributed by atoms with van der Waals surface area (Å²) in [6.07, 6.45) is 1.46. The first-order valence-corrected chi connectivity index (χ1v) is 10.5. The van der Waals surface area contributed by atoms with Crippen molar-refractivity contribution in [1.29, 1.82) is 0 Å². The third kappa shape index (κ3) is 5.45. The van der Waals surface area contributed by atoms with E-state index in [0.717, 1.165) is 6.42 Å². The largest absolute Gasteiger partial charge is 0.375 e. The van der Waals surface area contributed by atoms with Crippen molar-refractivity contribution in [3.05, 3.63) is 0 Å². The highest BCUT2D eigenvalue weighted by Gasteiger charge is 2.41. The van der Waals surface area contributed by atoms with Crippen molar-refractivity contribution < 1.29 is 23.5 Å². The number of hydrogen-bond donors (Lipinski definition) is 0. The van der Waals surface area contributed by atoms with E-state index in [2.05, 4.69) is 37.2 Å². The van der Waals surface area contributed by atoms with Gasteiger partial charge in [0.25, 0.3) is 0 Å². The second kappa shape index (κ2) is 10.0. The van der Waals surface area contributed by atoms with Crippen LogP contribution in [0, 0.1) is 17.8 Å². The van der Waals surface area contributed by atoms with E-state index in [1.165, 1.54) is 0 Å². The van der Waals surface area contributed by atoms with Crippen molar-refractivity contribution in [3.63, 3.8) is 0 Å². The van der Waals surface area contributed by atoms with Gasteiger partial charge in [0, 0.05) is 27.9 Å². The minimum Gasteiger partial charge on any atom is -0.375 e. The number of rotatable bonds is 7. The number of carbonyl (C=O) groups excluding carboxylic acids is 1. The van der Waals surface area contributed by atoms with E-state index in [-0.39, 0.29) is 30.8 Å². The third-order valence-corrected chi connectivity index (χ3v) is 6.55. The predicted molar refractivity (Wildman–Crippen MR) is 108 cm³/mol. The van der Waals surface area contributed by atoms with Gasteiger partial charge in [0.05, 0.1) is 19.3 Å². The van der Waals surface area contributed by atoms with Gasteiger partial charge in [-0.1, -0.05) is 34.6 Å². The molecule has 0 aliphatic carbocycles. The highest BCUT2D eigenvalue weighted by atomic mass is 31.0. The topological polar surface area (TPSA) is 57.2 Å². The Morgan fingerprint density at radius 2 is 1.96 bits per heavy atom. The van der Waals surface area contributed by atoms with E-state index in [1.54, 1.807) is 4.90 Å². The standard InChI is InChI=1S/C19H35BNO5P/c1-6-15-13(4)12(3)14(5)18(25-15)23-9-17(22)21-8-16(20)26-19(7-2,10-21)11-24-27/h12-16,18H,6-11,27H2,1-5H3. The Kier molecular flexibility index (Phi) is 8.57. The normalized spacial score (nSPS) is 40.1. The van der Waals surface area contributed by atoms with Crippen LogP contribution in [0.2, 0.25) is 0 Å². The van der Waals surface area contributed by atoms with E-state index in [9.17, 15) is 4.79 Å². The van der Waals surface area contributed by atoms with Crippen LogP contribution in [0.4, 0.5) is 0 Å². The smallest absolute Gasteiger partial charge is 0.248 e. The summed E-state index contributed by atoms with van der Waals surface area (Å²) in [5.74, 6) is 1.11. The Bertz CT molecular complexity index is 497. The first-order valence-electron chi connectivity index (χ1n) is 10.1. The molecule has 0 spiro atoms. The molecule has 0 aromatic heterocycles. The zero-order chi connectivity index (χ0) is 20.2. The number of hydrogen-bond acceptors (Lipinski definition) is 5. The molecule has 2 rings (SSSR count). The molecule has 0 saturated carbocycles. The van der Waals surface area contributed by atoms with Gasteiger partial charge in [-0.05, 0) is 24.7 Å². The van der Waals surface area contributed by atoms with Crippen LogP contribution in [0.1, 0.15) is 47.5 Å². The molecule has 8 unspecified atom stereocenters. The minimum absolute atomic E-state index is 0.0131. The summed E-state index contributed by atoms with van der Waals surface area (Å²) in [5.41, 5.74) is -0.582. The van der Waals surface area contributed by atoms with Crippen molar-refractivity contribution in [3.8, 4) is 0 Å². The SMILES string of the molecule is [B]C1CN(C(=O)COC2OC(CC)C(C)C(C)C2C)CC(CC)(COP)O1. The summed E-state index contributed by atoms with van der Waals surface area (Å²) < 4.78 is 23.2. The Labute approximate surface area is 167 Å². The van der Waals surface area contributed by atoms with Gasteiger partial charge in [0.15, 0.2) is 6.29 Å². The monoisotopic (exact) mass is 399 g/mol. The van der Waals surface area contributed by atoms with Crippen molar-refractivity contribution in [2.45, 2.75) is 71.5 Å². The molecule has 8 heteroatoms. The number of nitrogens with zero attached hydrogens (tertiary/aromatic N) is 1. The van der Waals surface area contributed by atoms with Gasteiger partial charge in [0.1, 0.15) is 20.1 Å². The van der Waals surface area contributed by atoms with Crippen molar-refractivity contribution in [1.82, 2.24) is 4.90 Å². The van der Waals surface area contributed by atoms with E-state index in [1.807, 2.05) is 6.92 Å². The quantitative estimate of drug-likeness (QED) is 0.486. The van der Waals surface area contributed by atoms with Gasteiger partial charge in [-0.2, -0.15) is 0 Å². The maximum atomic E-state index is 12.8. The molecule has 2 saturated heterocycles. The lowest BCUT2D eigenvalue weighted by atomic mass is 9.78. The molecular weight excluding hydrogens is 364 g/mol. The van der Waals surface area contributed by atoms with E-state index in [4.69, 9.17) is 26.6 Å². The number of morpholine rings is 1. The van der Waals surface area contributed by atoms with E-state index < -0.39 is 11.6 Å². The zero-order valence-electron chi connectivity index (χ0n) is 17.3. The molecule has 2 heterocycles. The molecule has 2 radical (unpaired) electrons. The highest BCUT2D eigenvalue weighted by Crippen LogP contribution is 2.36. The molecular formula is C19H35BNO5P. The second-order valence-corrected chi connectivity index (χ2v) is 8.45. The lowest BCUT2D eigenvalue weighted by molar-refractivity contribution is -0.248. The summed E-state index contributed by atoms with van der Waals surface area (Å²) in [4.78, 5) is 14.5. The van der Waals surface area contributed by atoms with E-state index in [0.29, 0.717) is 38.0 Å². The predicted octanol–water partition coefficient (Wildman–Crippen LogP) is 2.36. The van der Waals surface area contributed by atoms with Crippen LogP contribution >= 0.6 is 9.47 Å². The van der Waals surface area contributed by atoms with Crippen LogP contribution in [-0.2, 0) is 23.5 Å². The zero-order valence-corrected chi connectivity index (χ0v) is 18.5. The number of carbonyl (C=O) groups is 1. The fourth-order valence-corrected chi connectivity index (χ4v) is 4.44. The van der Waals surface area contributed by atoms with Crippen LogP contribution in [0.15, 0.2) is 0 Å². The van der Waals surface area contributed by atoms with Crippen LogP contribution in [0.5, 0.6) is 0 Å². The maximum absolute atomic E-state index is 12.8. The average molecular weight is 399 g/mol. The number of amides is 1. The first kappa shape index (κ1) is 23.1. The van der Waals surface area contributed by atoms with Crippen LogP contribution in [-0.4, -0.2) is 69.0 Å². The Balaban J connectivity index is 1.96. The Morgan fingerprint density at radius 1 is 1.26 bits per heavy atom. The van der Waals surface area contributed by atoms with Crippen LogP contribution in [0.3, 0.4) is 0 Å². The third-order valence-electron chi connectivity index (χ3n) is 6.38. The number of ether oxygens (including phenoxy) is 3. The molecule has 6 nitrogen and oxygen atoms in total. The fourth-order valence-electron chi connectivity index (χ4n) is 4.13. The molecule has 0 N–H and O–H groups in total. The second-order valence-electron chi connectivity index (χ2n) is 8.12. The van der Waals surface area contributed by atoms with Crippen molar-refractivity contribution in [2.24, 2.45) is 17.8 Å². The molecule has 0 aromatic carbocycles. The molecule has 2 fully saturated rings. The van der Waals surface area contributed by atoms with Crippen LogP contribution in [0.25, 0.3) is 0 Å². The van der Waals surface area contributed by atoms with Gasteiger partial charge < -0.3 is 23.6 Å². The van der Waals surface area contributed by atoms with Gasteiger partial charge in [-0.25, -0.2) is 0 Å². The molecule has 1 amide bonds. The lowest BCUT2D eigenvalue weighted by Crippen LogP contribution is -2.59. The van der Waals surface area contributed by atoms with Crippen LogP contribution < -0.4 is 0 Å². The summed E-state index contributed by atoms with van der Waals surface area (Å²) >= 11 is 0. The molecule has 0 aromatic rings.